The molecule has 42 valence electrons. The Morgan fingerprint density at radius 1 is 1.50 bits per heavy atom. The zero-order valence-corrected chi connectivity index (χ0v) is 6.29. The number of halogens is 1. The van der Waals surface area contributed by atoms with Gasteiger partial charge in [-0.25, -0.2) is 4.98 Å². The van der Waals surface area contributed by atoms with Crippen molar-refractivity contribution < 1.29 is 0 Å². The van der Waals surface area contributed by atoms with Gasteiger partial charge in [-0.15, -0.1) is 0 Å². The molecule has 0 aliphatic heterocycles. The number of anilines is 1. The third kappa shape index (κ3) is 1.33. The minimum Gasteiger partial charge on any atom is -0.397 e. The number of nitrogens with zero attached hydrogens (tertiary/aromatic N) is 1. The molecule has 0 aromatic carbocycles. The van der Waals surface area contributed by atoms with Gasteiger partial charge in [-0.2, -0.15) is 0 Å². The fourth-order valence-corrected chi connectivity index (χ4v) is 0.706. The molecule has 3 heteroatoms. The van der Waals surface area contributed by atoms with Crippen LogP contribution in [0.15, 0.2) is 18.3 Å². The van der Waals surface area contributed by atoms with Crippen molar-refractivity contribution >= 4 is 28.3 Å². The van der Waals surface area contributed by atoms with Crippen molar-refractivity contribution in [2.24, 2.45) is 0 Å². The molecular weight excluding hydrogens is 215 g/mol. The van der Waals surface area contributed by atoms with Crippen LogP contribution in [0.5, 0.6) is 0 Å². The van der Waals surface area contributed by atoms with Gasteiger partial charge in [-0.1, -0.05) is 0 Å². The summed E-state index contributed by atoms with van der Waals surface area (Å²) in [5, 5.41) is 0. The van der Waals surface area contributed by atoms with Crippen LogP contribution < -0.4 is 5.73 Å². The Labute approximate surface area is 61.3 Å². The summed E-state index contributed by atoms with van der Waals surface area (Å²) in [4.78, 5) is 3.94. The van der Waals surface area contributed by atoms with Crippen molar-refractivity contribution in [3.8, 4) is 0 Å². The van der Waals surface area contributed by atoms with Gasteiger partial charge in [0.15, 0.2) is 0 Å². The van der Waals surface area contributed by atoms with Gasteiger partial charge in [0.25, 0.3) is 0 Å². The van der Waals surface area contributed by atoms with Crippen molar-refractivity contribution in [3.05, 3.63) is 22.0 Å². The van der Waals surface area contributed by atoms with Crippen LogP contribution in [0, 0.1) is 3.70 Å². The van der Waals surface area contributed by atoms with E-state index in [0.717, 1.165) is 3.70 Å². The molecule has 2 nitrogen and oxygen atoms in total. The number of hydrogen-bond donors (Lipinski definition) is 1. The normalized spacial score (nSPS) is 9.12. The van der Waals surface area contributed by atoms with Crippen molar-refractivity contribution in [3.63, 3.8) is 0 Å². The molecule has 0 saturated heterocycles. The predicted octanol–water partition coefficient (Wildman–Crippen LogP) is 1.27. The van der Waals surface area contributed by atoms with Crippen LogP contribution in [0.2, 0.25) is 0 Å². The first-order chi connectivity index (χ1) is 3.79. The zero-order valence-electron chi connectivity index (χ0n) is 4.13. The summed E-state index contributed by atoms with van der Waals surface area (Å²) in [7, 11) is 0. The third-order valence-electron chi connectivity index (χ3n) is 0.750. The second-order valence-electron chi connectivity index (χ2n) is 1.41. The molecule has 0 atom stereocenters. The average molecular weight is 220 g/mol. The molecule has 0 unspecified atom stereocenters. The Morgan fingerprint density at radius 3 is 2.62 bits per heavy atom. The highest BCUT2D eigenvalue weighted by molar-refractivity contribution is 14.1. The van der Waals surface area contributed by atoms with Crippen molar-refractivity contribution in [1.82, 2.24) is 4.98 Å². The SMILES string of the molecule is Nc1ccc(I)nc1. The molecule has 2 N–H and O–H groups in total. The topological polar surface area (TPSA) is 38.9 Å². The molecule has 0 bridgehead atoms. The van der Waals surface area contributed by atoms with E-state index in [4.69, 9.17) is 5.73 Å². The number of rotatable bonds is 0. The van der Waals surface area contributed by atoms with Crippen LogP contribution in [0.1, 0.15) is 0 Å². The van der Waals surface area contributed by atoms with Gasteiger partial charge >= 0.3 is 0 Å². The number of nitrogens with two attached hydrogens (primary N) is 1. The van der Waals surface area contributed by atoms with Crippen molar-refractivity contribution in [1.29, 1.82) is 0 Å². The van der Waals surface area contributed by atoms with Crippen LogP contribution in [-0.2, 0) is 0 Å². The second-order valence-corrected chi connectivity index (χ2v) is 2.52. The van der Waals surface area contributed by atoms with Gasteiger partial charge in [-0.05, 0) is 34.7 Å². The smallest absolute Gasteiger partial charge is 0.101 e. The van der Waals surface area contributed by atoms with Crippen LogP contribution >= 0.6 is 22.6 Å². The fraction of sp³-hybridized carbons (Fsp3) is 0. The van der Waals surface area contributed by atoms with Crippen LogP contribution in [-0.4, -0.2) is 4.98 Å². The Kier molecular flexibility index (Phi) is 1.67. The molecule has 1 rings (SSSR count). The highest BCUT2D eigenvalue weighted by Crippen LogP contribution is 2.02. The van der Waals surface area contributed by atoms with Crippen LogP contribution in [0.25, 0.3) is 0 Å². The lowest BCUT2D eigenvalue weighted by Crippen LogP contribution is -1.85. The maximum absolute atomic E-state index is 5.36. The zero-order chi connectivity index (χ0) is 5.98. The molecule has 0 amide bonds. The summed E-state index contributed by atoms with van der Waals surface area (Å²) >= 11 is 2.13. The fourth-order valence-electron chi connectivity index (χ4n) is 0.387. The van der Waals surface area contributed by atoms with Gasteiger partial charge in [0.05, 0.1) is 11.9 Å². The van der Waals surface area contributed by atoms with E-state index in [1.807, 2.05) is 12.1 Å². The van der Waals surface area contributed by atoms with Gasteiger partial charge in [0.2, 0.25) is 0 Å². The van der Waals surface area contributed by atoms with E-state index in [-0.39, 0.29) is 0 Å². The minimum atomic E-state index is 0.713. The van der Waals surface area contributed by atoms with Gasteiger partial charge in [0, 0.05) is 0 Å². The first kappa shape index (κ1) is 5.81. The van der Waals surface area contributed by atoms with Crippen LogP contribution in [0.3, 0.4) is 0 Å². The molecule has 0 fully saturated rings. The molecule has 8 heavy (non-hydrogen) atoms. The molecule has 0 radical (unpaired) electrons. The summed E-state index contributed by atoms with van der Waals surface area (Å²) in [5.41, 5.74) is 6.07. The van der Waals surface area contributed by atoms with E-state index < -0.39 is 0 Å². The monoisotopic (exact) mass is 220 g/mol. The molecule has 1 heterocycles. The van der Waals surface area contributed by atoms with Gasteiger partial charge in [-0.3, -0.25) is 0 Å². The van der Waals surface area contributed by atoms with Crippen molar-refractivity contribution in [2.75, 3.05) is 5.73 Å². The molecule has 0 spiro atoms. The highest BCUT2D eigenvalue weighted by Gasteiger charge is 1.83. The quantitative estimate of drug-likeness (QED) is 0.528. The molecule has 0 saturated carbocycles. The number of nitrogen functional groups attached to an aromatic ring is 1. The maximum atomic E-state index is 5.36. The second kappa shape index (κ2) is 2.30. The van der Waals surface area contributed by atoms with E-state index in [2.05, 4.69) is 27.6 Å². The number of aromatic nitrogens is 1. The van der Waals surface area contributed by atoms with Crippen LogP contribution in [0.4, 0.5) is 5.69 Å². The summed E-state index contributed by atoms with van der Waals surface area (Å²) < 4.78 is 0.969. The largest absolute Gasteiger partial charge is 0.397 e. The maximum Gasteiger partial charge on any atom is 0.101 e. The Hall–Kier alpha value is -0.320. The Balaban J connectivity index is 3.03. The number of pyridine rings is 1. The molecule has 1 aromatic rings. The van der Waals surface area contributed by atoms with Crippen molar-refractivity contribution in [2.45, 2.75) is 0 Å². The molecule has 0 aliphatic carbocycles. The first-order valence-corrected chi connectivity index (χ1v) is 3.24. The summed E-state index contributed by atoms with van der Waals surface area (Å²) in [6.45, 7) is 0. The summed E-state index contributed by atoms with van der Waals surface area (Å²) in [6, 6.07) is 3.70. The van der Waals surface area contributed by atoms with Gasteiger partial charge < -0.3 is 5.73 Å². The van der Waals surface area contributed by atoms with E-state index in [9.17, 15) is 0 Å². The van der Waals surface area contributed by atoms with E-state index in [0.29, 0.717) is 5.69 Å². The summed E-state index contributed by atoms with van der Waals surface area (Å²) in [5.74, 6) is 0. The molecular formula is C5H5IN2. The van der Waals surface area contributed by atoms with E-state index >= 15 is 0 Å². The highest BCUT2D eigenvalue weighted by atomic mass is 127. The average Bonchev–Trinajstić information content (AvgIpc) is 1.77. The summed E-state index contributed by atoms with van der Waals surface area (Å²) in [6.07, 6.45) is 1.64. The first-order valence-electron chi connectivity index (χ1n) is 2.16. The minimum absolute atomic E-state index is 0.713. The lowest BCUT2D eigenvalue weighted by Gasteiger charge is -1.88. The number of hydrogen-bond acceptors (Lipinski definition) is 2. The predicted molar refractivity (Wildman–Crippen MR) is 41.4 cm³/mol. The molecule has 0 aliphatic rings. The van der Waals surface area contributed by atoms with E-state index in [1.54, 1.807) is 6.20 Å². The van der Waals surface area contributed by atoms with Gasteiger partial charge in [0.1, 0.15) is 3.70 Å². The standard InChI is InChI=1S/C5H5IN2/c6-5-2-1-4(7)3-8-5/h1-3H,7H2. The lowest BCUT2D eigenvalue weighted by molar-refractivity contribution is 1.28. The third-order valence-corrected chi connectivity index (χ3v) is 1.39. The van der Waals surface area contributed by atoms with E-state index in [1.165, 1.54) is 0 Å². The molecule has 1 aromatic heterocycles. The Morgan fingerprint density at radius 2 is 2.25 bits per heavy atom. The Bertz CT molecular complexity index is 149. The lowest BCUT2D eigenvalue weighted by atomic mass is 10.4.